The number of nitrogens with zero attached hydrogens (tertiary/aromatic N) is 2. The summed E-state index contributed by atoms with van der Waals surface area (Å²) in [5.41, 5.74) is 9.54. The highest BCUT2D eigenvalue weighted by Crippen LogP contribution is 2.44. The van der Waals surface area contributed by atoms with Gasteiger partial charge in [-0.2, -0.15) is 0 Å². The van der Waals surface area contributed by atoms with Crippen LogP contribution in [0.5, 0.6) is 0 Å². The quantitative estimate of drug-likeness (QED) is 0.397. The molecule has 170 valence electrons. The van der Waals surface area contributed by atoms with E-state index >= 15 is 0 Å². The Hall–Kier alpha value is -2.34. The first-order valence-corrected chi connectivity index (χ1v) is 12.3. The maximum absolute atomic E-state index is 10.9. The molecule has 0 unspecified atom stereocenters. The number of rotatable bonds is 6. The maximum Gasteiger partial charge on any atom is 0.303 e. The van der Waals surface area contributed by atoms with E-state index in [4.69, 9.17) is 10.1 Å². The number of carboxylic acid groups (broad SMARTS) is 1. The molecule has 3 aromatic rings. The van der Waals surface area contributed by atoms with Crippen LogP contribution < -0.4 is 4.90 Å². The Kier molecular flexibility index (Phi) is 6.61. The summed E-state index contributed by atoms with van der Waals surface area (Å²) in [7, 11) is 0. The second-order valence-electron chi connectivity index (χ2n) is 9.25. The third-order valence-corrected chi connectivity index (χ3v) is 7.31. The van der Waals surface area contributed by atoms with Crippen LogP contribution in [0, 0.1) is 33.6 Å². The van der Waals surface area contributed by atoms with Gasteiger partial charge in [-0.25, -0.2) is 4.98 Å². The van der Waals surface area contributed by atoms with Crippen molar-refractivity contribution >= 4 is 38.6 Å². The molecule has 0 saturated carbocycles. The van der Waals surface area contributed by atoms with Gasteiger partial charge in [0.05, 0.1) is 5.69 Å². The number of piperidine rings is 1. The molecule has 0 bridgehead atoms. The largest absolute Gasteiger partial charge is 0.481 e. The topological polar surface area (TPSA) is 69.2 Å². The zero-order valence-corrected chi connectivity index (χ0v) is 21.0. The Morgan fingerprint density at radius 2 is 1.78 bits per heavy atom. The molecule has 2 N–H and O–H groups in total. The van der Waals surface area contributed by atoms with Gasteiger partial charge in [0.15, 0.2) is 0 Å². The Balaban J connectivity index is 1.75. The molecular formula is C26H32BrN3O2. The molecule has 0 atom stereocenters. The van der Waals surface area contributed by atoms with Crippen LogP contribution >= 0.6 is 15.9 Å². The molecule has 32 heavy (non-hydrogen) atoms. The highest BCUT2D eigenvalue weighted by Gasteiger charge is 2.27. The number of pyridine rings is 1. The Morgan fingerprint density at radius 3 is 2.41 bits per heavy atom. The van der Waals surface area contributed by atoms with Crippen LogP contribution in [0.4, 0.5) is 5.69 Å². The molecule has 4 rings (SSSR count). The van der Waals surface area contributed by atoms with Crippen LogP contribution in [0.15, 0.2) is 22.8 Å². The summed E-state index contributed by atoms with van der Waals surface area (Å²) < 4.78 is 1.10. The number of fused-ring (bicyclic) bond motifs is 1. The molecule has 1 aliphatic rings. The lowest BCUT2D eigenvalue weighted by molar-refractivity contribution is -0.137. The summed E-state index contributed by atoms with van der Waals surface area (Å²) in [5, 5.41) is 10.2. The highest BCUT2D eigenvalue weighted by molar-refractivity contribution is 9.10. The lowest BCUT2D eigenvalue weighted by Crippen LogP contribution is -2.34. The Morgan fingerprint density at radius 1 is 1.12 bits per heavy atom. The molecule has 0 amide bonds. The molecule has 1 aliphatic heterocycles. The summed E-state index contributed by atoms with van der Waals surface area (Å²) in [4.78, 5) is 21.7. The smallest absolute Gasteiger partial charge is 0.303 e. The fourth-order valence-corrected chi connectivity index (χ4v) is 6.01. The van der Waals surface area contributed by atoms with Crippen molar-refractivity contribution in [1.29, 1.82) is 0 Å². The zero-order valence-electron chi connectivity index (χ0n) is 19.4. The van der Waals surface area contributed by atoms with Gasteiger partial charge in [-0.15, -0.1) is 0 Å². The van der Waals surface area contributed by atoms with Crippen molar-refractivity contribution in [3.63, 3.8) is 0 Å². The number of nitrogens with one attached hydrogen (secondary N) is 1. The average Bonchev–Trinajstić information content (AvgIpc) is 3.08. The van der Waals surface area contributed by atoms with Gasteiger partial charge in [0.1, 0.15) is 5.65 Å². The number of H-pyrrole nitrogens is 1. The average molecular weight is 498 g/mol. The van der Waals surface area contributed by atoms with Crippen molar-refractivity contribution in [2.45, 2.75) is 59.8 Å². The summed E-state index contributed by atoms with van der Waals surface area (Å²) in [5.74, 6) is -0.0825. The molecule has 3 heterocycles. The summed E-state index contributed by atoms with van der Waals surface area (Å²) >= 11 is 3.65. The van der Waals surface area contributed by atoms with E-state index < -0.39 is 5.97 Å². The minimum atomic E-state index is -0.690. The minimum Gasteiger partial charge on any atom is -0.481 e. The summed E-state index contributed by atoms with van der Waals surface area (Å²) in [6.45, 7) is 10.6. The van der Waals surface area contributed by atoms with Gasteiger partial charge in [-0.3, -0.25) is 4.79 Å². The van der Waals surface area contributed by atoms with Gasteiger partial charge < -0.3 is 15.0 Å². The third kappa shape index (κ3) is 4.42. The number of aromatic nitrogens is 2. The van der Waals surface area contributed by atoms with E-state index in [9.17, 15) is 4.79 Å². The van der Waals surface area contributed by atoms with Gasteiger partial charge >= 0.3 is 5.97 Å². The first kappa shape index (κ1) is 22.8. The molecule has 2 aromatic heterocycles. The first-order valence-electron chi connectivity index (χ1n) is 11.5. The number of benzene rings is 1. The van der Waals surface area contributed by atoms with E-state index in [-0.39, 0.29) is 6.42 Å². The molecule has 0 spiro atoms. The van der Waals surface area contributed by atoms with Crippen molar-refractivity contribution in [3.05, 3.63) is 45.2 Å². The van der Waals surface area contributed by atoms with Crippen molar-refractivity contribution in [3.8, 4) is 11.1 Å². The summed E-state index contributed by atoms with van der Waals surface area (Å²) in [6.07, 6.45) is 6.32. The number of hydrogen-bond acceptors (Lipinski definition) is 3. The maximum atomic E-state index is 10.9. The van der Waals surface area contributed by atoms with Gasteiger partial charge in [0.2, 0.25) is 0 Å². The van der Waals surface area contributed by atoms with Crippen LogP contribution in [0.1, 0.15) is 54.5 Å². The van der Waals surface area contributed by atoms with Crippen molar-refractivity contribution < 1.29 is 9.90 Å². The molecule has 6 heteroatoms. The number of aryl methyl sites for hydroxylation is 4. The first-order chi connectivity index (χ1) is 15.3. The van der Waals surface area contributed by atoms with E-state index in [1.54, 1.807) is 0 Å². The second kappa shape index (κ2) is 9.26. The Bertz CT molecular complexity index is 1140. The Labute approximate surface area is 198 Å². The van der Waals surface area contributed by atoms with Crippen LogP contribution in [-0.2, 0) is 4.79 Å². The highest BCUT2D eigenvalue weighted by atomic mass is 79.9. The van der Waals surface area contributed by atoms with Gasteiger partial charge in [0.25, 0.3) is 0 Å². The van der Waals surface area contributed by atoms with Crippen LogP contribution in [-0.4, -0.2) is 34.1 Å². The number of aliphatic carboxylic acids is 1. The van der Waals surface area contributed by atoms with E-state index in [0.717, 1.165) is 54.6 Å². The van der Waals surface area contributed by atoms with Gasteiger partial charge in [0, 0.05) is 46.8 Å². The molecule has 1 fully saturated rings. The second-order valence-corrected chi connectivity index (χ2v) is 10.2. The van der Waals surface area contributed by atoms with Crippen LogP contribution in [0.2, 0.25) is 0 Å². The van der Waals surface area contributed by atoms with E-state index in [2.05, 4.69) is 71.8 Å². The SMILES string of the molecule is Cc1cc(Br)cc(C)c1-c1c(C)nc2[nH]cc(C)c2c1N1CCC(CCCC(=O)O)CC1. The summed E-state index contributed by atoms with van der Waals surface area (Å²) in [6, 6.07) is 4.38. The monoisotopic (exact) mass is 497 g/mol. The lowest BCUT2D eigenvalue weighted by Gasteiger charge is -2.36. The minimum absolute atomic E-state index is 0.277. The van der Waals surface area contributed by atoms with Crippen molar-refractivity contribution in [1.82, 2.24) is 9.97 Å². The van der Waals surface area contributed by atoms with E-state index in [1.165, 1.54) is 38.9 Å². The normalized spacial score (nSPS) is 15.0. The number of hydrogen-bond donors (Lipinski definition) is 2. The number of carbonyl (C=O) groups is 1. The molecule has 1 aromatic carbocycles. The van der Waals surface area contributed by atoms with E-state index in [1.807, 2.05) is 0 Å². The molecule has 5 nitrogen and oxygen atoms in total. The number of anilines is 1. The predicted octanol–water partition coefficient (Wildman–Crippen LogP) is 6.70. The molecule has 0 aliphatic carbocycles. The van der Waals surface area contributed by atoms with Crippen LogP contribution in [0.25, 0.3) is 22.2 Å². The molecule has 0 radical (unpaired) electrons. The number of carboxylic acids is 1. The standard InChI is InChI=1S/C26H32BrN3O2/c1-15-12-20(27)13-16(2)22(15)24-18(4)29-26-23(17(3)14-28-26)25(24)30-10-8-19(9-11-30)6-5-7-21(31)32/h12-14,19H,5-11H2,1-4H3,(H,28,29)(H,31,32). The number of aromatic amines is 1. The predicted molar refractivity (Wildman–Crippen MR) is 135 cm³/mol. The molecular weight excluding hydrogens is 466 g/mol. The fourth-order valence-electron chi connectivity index (χ4n) is 5.32. The van der Waals surface area contributed by atoms with Crippen LogP contribution in [0.3, 0.4) is 0 Å². The zero-order chi connectivity index (χ0) is 23.0. The molecule has 1 saturated heterocycles. The van der Waals surface area contributed by atoms with Crippen molar-refractivity contribution in [2.24, 2.45) is 5.92 Å². The third-order valence-electron chi connectivity index (χ3n) is 6.85. The number of halogens is 1. The van der Waals surface area contributed by atoms with Gasteiger partial charge in [-0.1, -0.05) is 15.9 Å². The van der Waals surface area contributed by atoms with Crippen molar-refractivity contribution in [2.75, 3.05) is 18.0 Å². The fraction of sp³-hybridized carbons (Fsp3) is 0.462. The lowest BCUT2D eigenvalue weighted by atomic mass is 9.88. The van der Waals surface area contributed by atoms with E-state index in [0.29, 0.717) is 5.92 Å². The van der Waals surface area contributed by atoms with Gasteiger partial charge in [-0.05, 0) is 93.7 Å².